The normalized spacial score (nSPS) is 12.2. The largest absolute Gasteiger partial charge is 0.495 e. The van der Waals surface area contributed by atoms with Crippen LogP contribution in [0.1, 0.15) is 37.5 Å². The lowest BCUT2D eigenvalue weighted by atomic mass is 10.0. The molecule has 2 amide bonds. The van der Waals surface area contributed by atoms with Crippen molar-refractivity contribution in [2.45, 2.75) is 57.1 Å². The monoisotopic (exact) mass is 729 g/mol. The fourth-order valence-corrected chi connectivity index (χ4v) is 7.21. The lowest BCUT2D eigenvalue weighted by molar-refractivity contribution is -0.140. The SMILES string of the molecule is COc1ccc(N(CC(=O)N(Cc2c(Cl)cccc2Cl)[C@@H](Cc2ccccc2)C(=O)NC(C)(C)C)S(=O)(=O)c2ccc(C)cc2)cc1Cl. The van der Waals surface area contributed by atoms with Gasteiger partial charge in [0, 0.05) is 34.1 Å². The van der Waals surface area contributed by atoms with Gasteiger partial charge in [-0.3, -0.25) is 13.9 Å². The van der Waals surface area contributed by atoms with Crippen LogP contribution < -0.4 is 14.4 Å². The Labute approximate surface area is 297 Å². The lowest BCUT2D eigenvalue weighted by Gasteiger charge is -2.35. The van der Waals surface area contributed by atoms with Gasteiger partial charge in [-0.1, -0.05) is 88.9 Å². The van der Waals surface area contributed by atoms with Crippen LogP contribution in [0.15, 0.2) is 95.9 Å². The molecule has 0 aliphatic heterocycles. The molecule has 4 rings (SSSR count). The van der Waals surface area contributed by atoms with Crippen molar-refractivity contribution < 1.29 is 22.7 Å². The molecule has 0 radical (unpaired) electrons. The minimum Gasteiger partial charge on any atom is -0.495 e. The first-order valence-electron chi connectivity index (χ1n) is 15.1. The molecular weight excluding hydrogens is 693 g/mol. The zero-order valence-electron chi connectivity index (χ0n) is 27.3. The highest BCUT2D eigenvalue weighted by Crippen LogP contribution is 2.33. The van der Waals surface area contributed by atoms with E-state index in [1.54, 1.807) is 30.3 Å². The Hall–Kier alpha value is -3.76. The second-order valence-electron chi connectivity index (χ2n) is 12.3. The maximum atomic E-state index is 14.7. The Bertz CT molecular complexity index is 1840. The number of carbonyl (C=O) groups excluding carboxylic acids is 2. The average Bonchev–Trinajstić information content (AvgIpc) is 3.02. The van der Waals surface area contributed by atoms with Crippen LogP contribution in [0.25, 0.3) is 0 Å². The molecule has 0 aliphatic carbocycles. The molecule has 0 aromatic heterocycles. The summed E-state index contributed by atoms with van der Waals surface area (Å²) >= 11 is 19.6. The van der Waals surface area contributed by atoms with Crippen LogP contribution in [0.5, 0.6) is 5.75 Å². The molecular formula is C36H38Cl3N3O5S. The van der Waals surface area contributed by atoms with Crippen molar-refractivity contribution in [2.24, 2.45) is 0 Å². The van der Waals surface area contributed by atoms with Crippen molar-refractivity contribution >= 4 is 62.3 Å². The quantitative estimate of drug-likeness (QED) is 0.161. The number of ether oxygens (including phenoxy) is 1. The van der Waals surface area contributed by atoms with Gasteiger partial charge in [0.05, 0.1) is 22.7 Å². The van der Waals surface area contributed by atoms with Crippen molar-refractivity contribution in [3.63, 3.8) is 0 Å². The van der Waals surface area contributed by atoms with Crippen LogP contribution in [0.2, 0.25) is 15.1 Å². The average molecular weight is 731 g/mol. The van der Waals surface area contributed by atoms with E-state index in [0.717, 1.165) is 15.4 Å². The predicted octanol–water partition coefficient (Wildman–Crippen LogP) is 7.71. The molecule has 0 saturated carbocycles. The van der Waals surface area contributed by atoms with Gasteiger partial charge >= 0.3 is 0 Å². The Morgan fingerprint density at radius 3 is 2.04 bits per heavy atom. The Morgan fingerprint density at radius 2 is 1.48 bits per heavy atom. The fraction of sp³-hybridized carbons (Fsp3) is 0.278. The van der Waals surface area contributed by atoms with E-state index in [9.17, 15) is 18.0 Å². The Balaban J connectivity index is 1.88. The van der Waals surface area contributed by atoms with E-state index in [0.29, 0.717) is 21.4 Å². The molecule has 4 aromatic rings. The van der Waals surface area contributed by atoms with Gasteiger partial charge in [0.1, 0.15) is 18.3 Å². The molecule has 0 spiro atoms. The number of sulfonamides is 1. The molecule has 0 heterocycles. The lowest BCUT2D eigenvalue weighted by Crippen LogP contribution is -2.56. The summed E-state index contributed by atoms with van der Waals surface area (Å²) in [7, 11) is -2.88. The van der Waals surface area contributed by atoms with E-state index in [4.69, 9.17) is 39.5 Å². The highest BCUT2D eigenvalue weighted by Gasteiger charge is 2.36. The van der Waals surface area contributed by atoms with E-state index in [2.05, 4.69) is 5.32 Å². The molecule has 4 aromatic carbocycles. The van der Waals surface area contributed by atoms with Gasteiger partial charge in [-0.25, -0.2) is 8.42 Å². The highest BCUT2D eigenvalue weighted by atomic mass is 35.5. The van der Waals surface area contributed by atoms with Crippen LogP contribution in [0.4, 0.5) is 5.69 Å². The minimum absolute atomic E-state index is 0.0279. The zero-order chi connectivity index (χ0) is 35.2. The van der Waals surface area contributed by atoms with E-state index in [-0.39, 0.29) is 28.6 Å². The molecule has 1 N–H and O–H groups in total. The van der Waals surface area contributed by atoms with Gasteiger partial charge in [0.15, 0.2) is 0 Å². The summed E-state index contributed by atoms with van der Waals surface area (Å²) in [5, 5.41) is 3.73. The number of amides is 2. The zero-order valence-corrected chi connectivity index (χ0v) is 30.4. The van der Waals surface area contributed by atoms with Crippen molar-refractivity contribution in [2.75, 3.05) is 18.0 Å². The summed E-state index contributed by atoms with van der Waals surface area (Å²) in [5.41, 5.74) is 1.56. The van der Waals surface area contributed by atoms with Crippen molar-refractivity contribution in [3.05, 3.63) is 123 Å². The molecule has 0 aliphatic rings. The van der Waals surface area contributed by atoms with Gasteiger partial charge < -0.3 is 15.0 Å². The molecule has 0 bridgehead atoms. The predicted molar refractivity (Wildman–Crippen MR) is 193 cm³/mol. The molecule has 0 saturated heterocycles. The second kappa shape index (κ2) is 15.6. The summed E-state index contributed by atoms with van der Waals surface area (Å²) in [6.07, 6.45) is 0.135. The summed E-state index contributed by atoms with van der Waals surface area (Å²) in [6.45, 7) is 6.51. The molecule has 48 heavy (non-hydrogen) atoms. The summed E-state index contributed by atoms with van der Waals surface area (Å²) in [4.78, 5) is 30.1. The standard InChI is InChI=1S/C36H38Cl3N3O5S/c1-24-14-17-27(18-15-24)48(45,46)42(26-16-19-33(47-5)31(39)21-26)23-34(43)41(22-28-29(37)12-9-13-30(28)38)32(35(44)40-36(2,3)4)20-25-10-7-6-8-11-25/h6-19,21,32H,20,22-23H2,1-5H3,(H,40,44)/t32-/m0/s1. The van der Waals surface area contributed by atoms with Gasteiger partial charge in [0.25, 0.3) is 10.0 Å². The number of carbonyl (C=O) groups is 2. The Kier molecular flexibility index (Phi) is 12.1. The third kappa shape index (κ3) is 9.23. The van der Waals surface area contributed by atoms with Gasteiger partial charge in [-0.05, 0) is 75.7 Å². The minimum atomic E-state index is -4.32. The number of benzene rings is 4. The van der Waals surface area contributed by atoms with Crippen LogP contribution in [0.3, 0.4) is 0 Å². The summed E-state index contributed by atoms with van der Waals surface area (Å²) < 4.78 is 34.8. The van der Waals surface area contributed by atoms with Crippen LogP contribution in [-0.2, 0) is 32.6 Å². The van der Waals surface area contributed by atoms with Gasteiger partial charge in [-0.2, -0.15) is 0 Å². The second-order valence-corrected chi connectivity index (χ2v) is 15.4. The molecule has 0 unspecified atom stereocenters. The topological polar surface area (TPSA) is 96.0 Å². The number of aryl methyl sites for hydroxylation is 1. The smallest absolute Gasteiger partial charge is 0.264 e. The van der Waals surface area contributed by atoms with Gasteiger partial charge in [0.2, 0.25) is 11.8 Å². The number of rotatable bonds is 12. The van der Waals surface area contributed by atoms with Crippen LogP contribution in [-0.4, -0.2) is 50.4 Å². The summed E-state index contributed by atoms with van der Waals surface area (Å²) in [6, 6.07) is 23.9. The maximum Gasteiger partial charge on any atom is 0.264 e. The summed E-state index contributed by atoms with van der Waals surface area (Å²) in [5.74, 6) is -0.766. The third-order valence-electron chi connectivity index (χ3n) is 7.47. The number of anilines is 1. The van der Waals surface area contributed by atoms with E-state index < -0.39 is 40.0 Å². The molecule has 1 atom stereocenters. The number of hydrogen-bond donors (Lipinski definition) is 1. The Morgan fingerprint density at radius 1 is 0.854 bits per heavy atom. The third-order valence-corrected chi connectivity index (χ3v) is 10.3. The number of halogens is 3. The molecule has 254 valence electrons. The first kappa shape index (κ1) is 37.1. The van der Waals surface area contributed by atoms with E-state index in [1.165, 1.54) is 42.3 Å². The molecule has 12 heteroatoms. The van der Waals surface area contributed by atoms with E-state index in [1.807, 2.05) is 58.0 Å². The van der Waals surface area contributed by atoms with E-state index >= 15 is 0 Å². The first-order valence-corrected chi connectivity index (χ1v) is 17.7. The van der Waals surface area contributed by atoms with Crippen molar-refractivity contribution in [1.82, 2.24) is 10.2 Å². The number of hydrogen-bond acceptors (Lipinski definition) is 5. The maximum absolute atomic E-state index is 14.7. The number of methoxy groups -OCH3 is 1. The van der Waals surface area contributed by atoms with Crippen LogP contribution >= 0.6 is 34.8 Å². The van der Waals surface area contributed by atoms with Gasteiger partial charge in [-0.15, -0.1) is 0 Å². The molecule has 8 nitrogen and oxygen atoms in total. The van der Waals surface area contributed by atoms with Crippen molar-refractivity contribution in [1.29, 1.82) is 0 Å². The fourth-order valence-electron chi connectivity index (χ4n) is 5.04. The number of nitrogens with zero attached hydrogens (tertiary/aromatic N) is 2. The molecule has 0 fully saturated rings. The van der Waals surface area contributed by atoms with Crippen LogP contribution in [0, 0.1) is 6.92 Å². The number of nitrogens with one attached hydrogen (secondary N) is 1. The van der Waals surface area contributed by atoms with Crippen molar-refractivity contribution in [3.8, 4) is 5.75 Å². The first-order chi connectivity index (χ1) is 22.6. The highest BCUT2D eigenvalue weighted by molar-refractivity contribution is 7.92.